The highest BCUT2D eigenvalue weighted by Gasteiger charge is 2.34. The number of nitrogens with zero attached hydrogens (tertiary/aromatic N) is 3. The molecule has 1 fully saturated rings. The van der Waals surface area contributed by atoms with Gasteiger partial charge in [0.05, 0.1) is 7.05 Å². The van der Waals surface area contributed by atoms with E-state index in [0.717, 1.165) is 49.1 Å². The lowest BCUT2D eigenvalue weighted by atomic mass is 10.0. The number of pyridine rings is 1. The normalized spacial score (nSPS) is 18.0. The van der Waals surface area contributed by atoms with E-state index >= 15 is 0 Å². The van der Waals surface area contributed by atoms with Crippen molar-refractivity contribution in [3.8, 4) is 6.07 Å². The molecule has 3 heterocycles. The van der Waals surface area contributed by atoms with E-state index in [4.69, 9.17) is 0 Å². The summed E-state index contributed by atoms with van der Waals surface area (Å²) in [6.07, 6.45) is 3.26. The Hall–Kier alpha value is -2.58. The zero-order chi connectivity index (χ0) is 17.0. The van der Waals surface area contributed by atoms with Crippen LogP contribution in [0, 0.1) is 11.3 Å². The molecule has 126 valence electrons. The Morgan fingerprint density at radius 2 is 1.92 bits per heavy atom. The smallest absolute Gasteiger partial charge is 0.250 e. The van der Waals surface area contributed by atoms with Gasteiger partial charge in [0, 0.05) is 5.56 Å². The number of anilines is 1. The highest BCUT2D eigenvalue weighted by atomic mass is 15.3. The number of hydrogen-bond acceptors (Lipinski definition) is 2. The number of rotatable bonds is 1. The molecule has 2 aromatic heterocycles. The highest BCUT2D eigenvalue weighted by molar-refractivity contribution is 5.78. The Kier molecular flexibility index (Phi) is 3.22. The summed E-state index contributed by atoms with van der Waals surface area (Å²) < 4.78 is 2.32. The predicted molar refractivity (Wildman–Crippen MR) is 97.0 cm³/mol. The Labute approximate surface area is 147 Å². The topological polar surface area (TPSA) is 51.4 Å². The first-order valence-electron chi connectivity index (χ1n) is 9.24. The number of aromatic amines is 1. The molecule has 2 N–H and O–H groups in total. The van der Waals surface area contributed by atoms with Gasteiger partial charge in [0.15, 0.2) is 0 Å². The van der Waals surface area contributed by atoms with Crippen molar-refractivity contribution in [2.24, 2.45) is 0 Å². The van der Waals surface area contributed by atoms with Crippen LogP contribution < -0.4 is 14.2 Å². The molecule has 0 amide bonds. The summed E-state index contributed by atoms with van der Waals surface area (Å²) >= 11 is 0. The molecule has 0 radical (unpaired) electrons. The fourth-order valence-electron chi connectivity index (χ4n) is 4.57. The lowest BCUT2D eigenvalue weighted by molar-refractivity contribution is -0.880. The average Bonchev–Trinajstić information content (AvgIpc) is 3.25. The van der Waals surface area contributed by atoms with Crippen molar-refractivity contribution in [2.45, 2.75) is 19.3 Å². The fraction of sp³-hybridized carbons (Fsp3) is 0.400. The van der Waals surface area contributed by atoms with Gasteiger partial charge in [-0.05, 0) is 37.0 Å². The van der Waals surface area contributed by atoms with E-state index in [9.17, 15) is 5.26 Å². The van der Waals surface area contributed by atoms with Crippen molar-refractivity contribution >= 4 is 22.5 Å². The molecule has 1 aliphatic carbocycles. The van der Waals surface area contributed by atoms with Gasteiger partial charge in [0.1, 0.15) is 48.8 Å². The van der Waals surface area contributed by atoms with Crippen molar-refractivity contribution in [1.29, 1.82) is 5.26 Å². The maximum absolute atomic E-state index is 9.86. The molecule has 25 heavy (non-hydrogen) atoms. The summed E-state index contributed by atoms with van der Waals surface area (Å²) in [5, 5.41) is 9.86. The van der Waals surface area contributed by atoms with Gasteiger partial charge in [-0.3, -0.25) is 9.88 Å². The monoisotopic (exact) mass is 333 g/mol. The van der Waals surface area contributed by atoms with Crippen molar-refractivity contribution in [1.82, 2.24) is 4.98 Å². The van der Waals surface area contributed by atoms with Gasteiger partial charge in [0.2, 0.25) is 11.5 Å². The quantitative estimate of drug-likeness (QED) is 0.641. The third kappa shape index (κ3) is 2.07. The first-order chi connectivity index (χ1) is 12.3. The number of quaternary nitrogens is 1. The lowest BCUT2D eigenvalue weighted by Crippen LogP contribution is -3.12. The van der Waals surface area contributed by atoms with Gasteiger partial charge >= 0.3 is 0 Å². The number of imidazole rings is 1. The van der Waals surface area contributed by atoms with E-state index in [1.165, 1.54) is 35.6 Å². The van der Waals surface area contributed by atoms with Crippen LogP contribution in [0.5, 0.6) is 0 Å². The van der Waals surface area contributed by atoms with Gasteiger partial charge in [-0.25, -0.2) is 0 Å². The first-order valence-corrected chi connectivity index (χ1v) is 9.24. The van der Waals surface area contributed by atoms with Crippen LogP contribution >= 0.6 is 0 Å². The number of nitriles is 1. The van der Waals surface area contributed by atoms with Crippen LogP contribution in [0.4, 0.5) is 5.82 Å². The summed E-state index contributed by atoms with van der Waals surface area (Å²) in [7, 11) is 2.27. The van der Waals surface area contributed by atoms with Gasteiger partial charge < -0.3 is 4.90 Å². The molecule has 0 unspecified atom stereocenters. The van der Waals surface area contributed by atoms with E-state index < -0.39 is 0 Å². The third-order valence-electron chi connectivity index (χ3n) is 5.89. The third-order valence-corrected chi connectivity index (χ3v) is 5.89. The maximum Gasteiger partial charge on any atom is 0.250 e. The van der Waals surface area contributed by atoms with E-state index in [2.05, 4.69) is 51.7 Å². The molecule has 0 atom stereocenters. The second-order valence-electron chi connectivity index (χ2n) is 7.39. The molecular formula is C20H23N5+2. The second kappa shape index (κ2) is 5.47. The van der Waals surface area contributed by atoms with E-state index in [1.54, 1.807) is 4.90 Å². The first kappa shape index (κ1) is 14.7. The largest absolute Gasteiger partial charge is 0.332 e. The standard InChI is InChI=1S/C20H21N5/c1-23-9-11-24(12-10-23)20-15-6-4-5-14(15)16(13-21)19-22-17-7-2-3-8-18(17)25(19)20/h2-3,7-8H,4-6,9-12H2,1H3/p+2. The number of benzene rings is 1. The zero-order valence-corrected chi connectivity index (χ0v) is 14.6. The van der Waals surface area contributed by atoms with Gasteiger partial charge in [0.25, 0.3) is 0 Å². The summed E-state index contributed by atoms with van der Waals surface area (Å²) in [5.41, 5.74) is 6.75. The molecule has 0 saturated carbocycles. The fourth-order valence-corrected chi connectivity index (χ4v) is 4.57. The van der Waals surface area contributed by atoms with Crippen LogP contribution in [0.2, 0.25) is 0 Å². The molecule has 3 aromatic rings. The van der Waals surface area contributed by atoms with Crippen molar-refractivity contribution in [3.63, 3.8) is 0 Å². The minimum Gasteiger partial charge on any atom is -0.332 e. The Bertz CT molecular complexity index is 1020. The number of aromatic nitrogens is 2. The Morgan fingerprint density at radius 1 is 1.16 bits per heavy atom. The summed E-state index contributed by atoms with van der Waals surface area (Å²) in [5.74, 6) is 1.33. The number of H-pyrrole nitrogens is 1. The highest BCUT2D eigenvalue weighted by Crippen LogP contribution is 2.34. The van der Waals surface area contributed by atoms with Gasteiger partial charge in [-0.15, -0.1) is 0 Å². The second-order valence-corrected chi connectivity index (χ2v) is 7.39. The molecule has 5 nitrogen and oxygen atoms in total. The molecule has 2 aliphatic rings. The van der Waals surface area contributed by atoms with Crippen molar-refractivity contribution in [3.05, 3.63) is 41.0 Å². The maximum atomic E-state index is 9.86. The number of para-hydroxylation sites is 2. The molecule has 5 rings (SSSR count). The van der Waals surface area contributed by atoms with Crippen LogP contribution in [0.3, 0.4) is 0 Å². The van der Waals surface area contributed by atoms with E-state index in [1.807, 2.05) is 0 Å². The molecule has 1 saturated heterocycles. The zero-order valence-electron chi connectivity index (χ0n) is 14.6. The minimum atomic E-state index is 0.840. The lowest BCUT2D eigenvalue weighted by Gasteiger charge is -2.29. The van der Waals surface area contributed by atoms with Crippen LogP contribution in [-0.4, -0.2) is 38.2 Å². The Morgan fingerprint density at radius 3 is 2.72 bits per heavy atom. The van der Waals surface area contributed by atoms with Crippen LogP contribution in [0.25, 0.3) is 16.7 Å². The van der Waals surface area contributed by atoms with Gasteiger partial charge in [-0.1, -0.05) is 12.1 Å². The Balaban J connectivity index is 1.87. The molecule has 0 spiro atoms. The van der Waals surface area contributed by atoms with Crippen LogP contribution in [-0.2, 0) is 12.8 Å². The number of likely N-dealkylation sites (N-methyl/N-ethyl adjacent to an activating group) is 1. The SMILES string of the molecule is C[NH+]1CCN(c2c3c(c(C#N)c4[nH]c5ccccc5[n+]24)CCC3)CC1. The summed E-state index contributed by atoms with van der Waals surface area (Å²) in [4.78, 5) is 7.67. The predicted octanol–water partition coefficient (Wildman–Crippen LogP) is 0.602. The number of piperazine rings is 1. The molecule has 0 bridgehead atoms. The number of fused-ring (bicyclic) bond motifs is 4. The minimum absolute atomic E-state index is 0.840. The number of nitrogens with one attached hydrogen (secondary N) is 2. The molecule has 1 aliphatic heterocycles. The molecular weight excluding hydrogens is 310 g/mol. The average molecular weight is 333 g/mol. The summed E-state index contributed by atoms with van der Waals surface area (Å²) in [6, 6.07) is 10.9. The van der Waals surface area contributed by atoms with Crippen molar-refractivity contribution in [2.75, 3.05) is 38.1 Å². The van der Waals surface area contributed by atoms with Gasteiger partial charge in [-0.2, -0.15) is 9.66 Å². The molecule has 1 aromatic carbocycles. The molecule has 5 heteroatoms. The van der Waals surface area contributed by atoms with Crippen LogP contribution in [0.15, 0.2) is 24.3 Å². The summed E-state index contributed by atoms with van der Waals surface area (Å²) in [6.45, 7) is 4.48. The van der Waals surface area contributed by atoms with E-state index in [0.29, 0.717) is 0 Å². The van der Waals surface area contributed by atoms with Crippen LogP contribution in [0.1, 0.15) is 23.1 Å². The van der Waals surface area contributed by atoms with Crippen molar-refractivity contribution < 1.29 is 9.30 Å². The number of hydrogen-bond donors (Lipinski definition) is 2. The van der Waals surface area contributed by atoms with E-state index in [-0.39, 0.29) is 0 Å².